The van der Waals surface area contributed by atoms with Gasteiger partial charge in [0, 0.05) is 5.02 Å². The Bertz CT molecular complexity index is 698. The minimum absolute atomic E-state index is 0.330. The predicted octanol–water partition coefficient (Wildman–Crippen LogP) is 3.79. The van der Waals surface area contributed by atoms with E-state index in [2.05, 4.69) is 10.5 Å². The maximum Gasteiger partial charge on any atom is 0.283 e. The molecule has 0 saturated heterocycles. The van der Waals surface area contributed by atoms with Gasteiger partial charge in [-0.3, -0.25) is 4.79 Å². The third-order valence-corrected chi connectivity index (χ3v) is 3.24. The maximum absolute atomic E-state index is 12.8. The Morgan fingerprint density at radius 2 is 1.78 bits per heavy atom. The Hall–Kier alpha value is -2.40. The molecular weight excluding hydrogens is 319 g/mol. The van der Waals surface area contributed by atoms with E-state index in [0.29, 0.717) is 16.3 Å². The number of nitrogens with zero attached hydrogens (tertiary/aromatic N) is 1. The van der Waals surface area contributed by atoms with Crippen LogP contribution in [0.2, 0.25) is 5.02 Å². The molecule has 2 aromatic carbocycles. The molecule has 6 heteroatoms. The molecule has 120 valence electrons. The zero-order valence-corrected chi connectivity index (χ0v) is 13.5. The first-order valence-electron chi connectivity index (χ1n) is 6.90. The van der Waals surface area contributed by atoms with Gasteiger partial charge in [-0.15, -0.1) is 0 Å². The van der Waals surface area contributed by atoms with Crippen LogP contribution in [0.15, 0.2) is 53.6 Å². The monoisotopic (exact) mass is 334 g/mol. The van der Waals surface area contributed by atoms with E-state index in [4.69, 9.17) is 16.3 Å². The van der Waals surface area contributed by atoms with E-state index in [-0.39, 0.29) is 5.82 Å². The van der Waals surface area contributed by atoms with Gasteiger partial charge >= 0.3 is 0 Å². The zero-order valence-electron chi connectivity index (χ0n) is 12.7. The number of ether oxygens (including phenoxy) is 1. The van der Waals surface area contributed by atoms with E-state index in [1.165, 1.54) is 18.3 Å². The molecule has 0 bridgehead atoms. The maximum atomic E-state index is 12.8. The number of rotatable bonds is 5. The highest BCUT2D eigenvalue weighted by Crippen LogP contribution is 2.20. The number of hydrogen-bond acceptors (Lipinski definition) is 3. The average molecular weight is 335 g/mol. The SMILES string of the molecule is CC(C)(Oc1ccc(Cl)cc1)C(=O)NN=Cc1ccc(F)cc1. The van der Waals surface area contributed by atoms with E-state index in [1.807, 2.05) is 0 Å². The Labute approximate surface area is 138 Å². The topological polar surface area (TPSA) is 50.7 Å². The first-order valence-corrected chi connectivity index (χ1v) is 7.28. The summed E-state index contributed by atoms with van der Waals surface area (Å²) in [6.07, 6.45) is 1.43. The third kappa shape index (κ3) is 5.07. The summed E-state index contributed by atoms with van der Waals surface area (Å²) in [5, 5.41) is 4.43. The normalized spacial score (nSPS) is 11.5. The van der Waals surface area contributed by atoms with Crippen molar-refractivity contribution < 1.29 is 13.9 Å². The summed E-state index contributed by atoms with van der Waals surface area (Å²) in [5.74, 6) is -0.216. The molecule has 0 aliphatic carbocycles. The fraction of sp³-hybridized carbons (Fsp3) is 0.176. The van der Waals surface area contributed by atoms with Crippen molar-refractivity contribution >= 4 is 23.7 Å². The highest BCUT2D eigenvalue weighted by Gasteiger charge is 2.29. The van der Waals surface area contributed by atoms with Crippen molar-refractivity contribution in [3.8, 4) is 5.75 Å². The number of carbonyl (C=O) groups excluding carboxylic acids is 1. The van der Waals surface area contributed by atoms with Gasteiger partial charge in [-0.2, -0.15) is 5.10 Å². The minimum atomic E-state index is -1.12. The molecule has 1 N–H and O–H groups in total. The lowest BCUT2D eigenvalue weighted by atomic mass is 10.1. The van der Waals surface area contributed by atoms with Gasteiger partial charge < -0.3 is 4.74 Å². The molecule has 0 fully saturated rings. The Balaban J connectivity index is 1.95. The van der Waals surface area contributed by atoms with Crippen molar-refractivity contribution in [2.45, 2.75) is 19.4 Å². The Morgan fingerprint density at radius 1 is 1.17 bits per heavy atom. The second-order valence-electron chi connectivity index (χ2n) is 5.32. The number of carbonyl (C=O) groups is 1. The lowest BCUT2D eigenvalue weighted by molar-refractivity contribution is -0.134. The summed E-state index contributed by atoms with van der Waals surface area (Å²) in [6.45, 7) is 3.26. The molecular formula is C17H16ClFN2O2. The van der Waals surface area contributed by atoms with E-state index < -0.39 is 11.5 Å². The van der Waals surface area contributed by atoms with Gasteiger partial charge in [0.05, 0.1) is 6.21 Å². The molecule has 0 atom stereocenters. The lowest BCUT2D eigenvalue weighted by Crippen LogP contribution is -2.44. The van der Waals surface area contributed by atoms with Crippen LogP contribution in [0.4, 0.5) is 4.39 Å². The van der Waals surface area contributed by atoms with Crippen LogP contribution in [-0.2, 0) is 4.79 Å². The smallest absolute Gasteiger partial charge is 0.283 e. The van der Waals surface area contributed by atoms with Gasteiger partial charge in [0.2, 0.25) is 0 Å². The first kappa shape index (κ1) is 17.0. The van der Waals surface area contributed by atoms with E-state index in [1.54, 1.807) is 50.2 Å². The molecule has 0 heterocycles. The van der Waals surface area contributed by atoms with Gasteiger partial charge in [-0.05, 0) is 55.8 Å². The predicted molar refractivity (Wildman–Crippen MR) is 88.3 cm³/mol. The quantitative estimate of drug-likeness (QED) is 0.668. The third-order valence-electron chi connectivity index (χ3n) is 2.98. The molecule has 0 aliphatic heterocycles. The minimum Gasteiger partial charge on any atom is -0.478 e. The lowest BCUT2D eigenvalue weighted by Gasteiger charge is -2.24. The van der Waals surface area contributed by atoms with E-state index in [9.17, 15) is 9.18 Å². The number of hydrogen-bond donors (Lipinski definition) is 1. The van der Waals surface area contributed by atoms with Crippen LogP contribution in [0, 0.1) is 5.82 Å². The largest absolute Gasteiger partial charge is 0.478 e. The van der Waals surface area contributed by atoms with Crippen LogP contribution < -0.4 is 10.2 Å². The average Bonchev–Trinajstić information content (AvgIpc) is 2.51. The molecule has 23 heavy (non-hydrogen) atoms. The number of hydrazone groups is 1. The molecule has 2 rings (SSSR count). The highest BCUT2D eigenvalue weighted by atomic mass is 35.5. The fourth-order valence-electron chi connectivity index (χ4n) is 1.69. The van der Waals surface area contributed by atoms with Crippen LogP contribution in [0.1, 0.15) is 19.4 Å². The zero-order chi connectivity index (χ0) is 16.9. The highest BCUT2D eigenvalue weighted by molar-refractivity contribution is 6.30. The van der Waals surface area contributed by atoms with Crippen LogP contribution in [-0.4, -0.2) is 17.7 Å². The van der Waals surface area contributed by atoms with Crippen LogP contribution >= 0.6 is 11.6 Å². The summed E-state index contributed by atoms with van der Waals surface area (Å²) in [6, 6.07) is 12.5. The molecule has 0 aliphatic rings. The van der Waals surface area contributed by atoms with Gasteiger partial charge in [0.15, 0.2) is 5.60 Å². The fourth-order valence-corrected chi connectivity index (χ4v) is 1.82. The second-order valence-corrected chi connectivity index (χ2v) is 5.75. The van der Waals surface area contributed by atoms with Crippen molar-refractivity contribution in [3.63, 3.8) is 0 Å². The number of halogens is 2. The molecule has 1 amide bonds. The summed E-state index contributed by atoms with van der Waals surface area (Å²) < 4.78 is 18.4. The molecule has 0 spiro atoms. The van der Waals surface area contributed by atoms with E-state index in [0.717, 1.165) is 0 Å². The Kier molecular flexibility index (Phi) is 5.34. The van der Waals surface area contributed by atoms with Gasteiger partial charge in [0.1, 0.15) is 11.6 Å². The standard InChI is InChI=1S/C17H16ClFN2O2/c1-17(2,23-15-9-5-13(18)6-10-15)16(22)21-20-11-12-3-7-14(19)8-4-12/h3-11H,1-2H3,(H,21,22). The molecule has 2 aromatic rings. The van der Waals surface area contributed by atoms with E-state index >= 15 is 0 Å². The van der Waals surface area contributed by atoms with Crippen LogP contribution in [0.3, 0.4) is 0 Å². The molecule has 0 aromatic heterocycles. The van der Waals surface area contributed by atoms with Crippen LogP contribution in [0.5, 0.6) is 5.75 Å². The molecule has 4 nitrogen and oxygen atoms in total. The molecule has 0 saturated carbocycles. The first-order chi connectivity index (χ1) is 10.9. The summed E-state index contributed by atoms with van der Waals surface area (Å²) >= 11 is 5.80. The summed E-state index contributed by atoms with van der Waals surface area (Å²) in [5.41, 5.74) is 1.96. The van der Waals surface area contributed by atoms with Crippen molar-refractivity contribution in [1.82, 2.24) is 5.43 Å². The summed E-state index contributed by atoms with van der Waals surface area (Å²) in [7, 11) is 0. The second kappa shape index (κ2) is 7.24. The Morgan fingerprint density at radius 3 is 2.39 bits per heavy atom. The number of nitrogens with one attached hydrogen (secondary N) is 1. The number of benzene rings is 2. The van der Waals surface area contributed by atoms with Gasteiger partial charge in [-0.25, -0.2) is 9.82 Å². The van der Waals surface area contributed by atoms with Gasteiger partial charge in [-0.1, -0.05) is 23.7 Å². The van der Waals surface area contributed by atoms with Crippen molar-refractivity contribution in [2.75, 3.05) is 0 Å². The van der Waals surface area contributed by atoms with Gasteiger partial charge in [0.25, 0.3) is 5.91 Å². The number of amides is 1. The van der Waals surface area contributed by atoms with Crippen molar-refractivity contribution in [2.24, 2.45) is 5.10 Å². The molecule has 0 unspecified atom stereocenters. The van der Waals surface area contributed by atoms with Crippen molar-refractivity contribution in [3.05, 3.63) is 64.9 Å². The summed E-state index contributed by atoms with van der Waals surface area (Å²) in [4.78, 5) is 12.1. The van der Waals surface area contributed by atoms with Crippen molar-refractivity contribution in [1.29, 1.82) is 0 Å². The molecule has 0 radical (unpaired) electrons. The van der Waals surface area contributed by atoms with Crippen LogP contribution in [0.25, 0.3) is 0 Å².